The number of aryl methyl sites for hydroxylation is 2. The standard InChI is InChI=1S/C16H18N2OS2/c1-17-5-7-18(8-6-17)16(19)14-10-11-2-3-13-12(4-9-20-13)15(11)21-14/h4,9-10H,2-3,5-8H2,1H3. The van der Waals surface area contributed by atoms with E-state index in [1.807, 2.05) is 16.2 Å². The average Bonchev–Trinajstić information content (AvgIpc) is 3.12. The Morgan fingerprint density at radius 3 is 2.81 bits per heavy atom. The first-order valence-electron chi connectivity index (χ1n) is 7.39. The molecule has 3 nitrogen and oxygen atoms in total. The third kappa shape index (κ3) is 2.33. The van der Waals surface area contributed by atoms with E-state index >= 15 is 0 Å². The molecule has 1 aliphatic carbocycles. The smallest absolute Gasteiger partial charge is 0.264 e. The van der Waals surface area contributed by atoms with Crippen LogP contribution in [0.3, 0.4) is 0 Å². The van der Waals surface area contributed by atoms with E-state index in [9.17, 15) is 4.79 Å². The number of hydrogen-bond acceptors (Lipinski definition) is 4. The predicted molar refractivity (Wildman–Crippen MR) is 88.4 cm³/mol. The van der Waals surface area contributed by atoms with Gasteiger partial charge in [-0.2, -0.15) is 0 Å². The van der Waals surface area contributed by atoms with Crippen LogP contribution in [-0.4, -0.2) is 48.9 Å². The molecule has 2 aliphatic rings. The lowest BCUT2D eigenvalue weighted by atomic mass is 9.98. The Hall–Kier alpha value is -1.17. The molecule has 4 rings (SSSR count). The zero-order valence-corrected chi connectivity index (χ0v) is 13.7. The molecule has 0 radical (unpaired) electrons. The summed E-state index contributed by atoms with van der Waals surface area (Å²) >= 11 is 3.53. The number of thiophene rings is 2. The summed E-state index contributed by atoms with van der Waals surface area (Å²) in [6, 6.07) is 4.35. The number of carbonyl (C=O) groups is 1. The number of hydrogen-bond donors (Lipinski definition) is 0. The molecule has 110 valence electrons. The number of piperazine rings is 1. The van der Waals surface area contributed by atoms with Gasteiger partial charge in [-0.25, -0.2) is 0 Å². The largest absolute Gasteiger partial charge is 0.335 e. The van der Waals surface area contributed by atoms with Crippen LogP contribution < -0.4 is 0 Å². The lowest BCUT2D eigenvalue weighted by molar-refractivity contribution is 0.0669. The van der Waals surface area contributed by atoms with Crippen LogP contribution in [0.1, 0.15) is 20.1 Å². The fourth-order valence-electron chi connectivity index (χ4n) is 3.10. The Labute approximate surface area is 132 Å². The summed E-state index contributed by atoms with van der Waals surface area (Å²) in [5.41, 5.74) is 2.73. The van der Waals surface area contributed by atoms with E-state index in [0.29, 0.717) is 0 Å². The first-order chi connectivity index (χ1) is 10.2. The van der Waals surface area contributed by atoms with Crippen molar-refractivity contribution in [2.75, 3.05) is 33.2 Å². The van der Waals surface area contributed by atoms with Gasteiger partial charge in [0.25, 0.3) is 5.91 Å². The highest BCUT2D eigenvalue weighted by atomic mass is 32.1. The summed E-state index contributed by atoms with van der Waals surface area (Å²) in [4.78, 5) is 20.7. The molecule has 0 saturated carbocycles. The summed E-state index contributed by atoms with van der Waals surface area (Å²) < 4.78 is 0. The summed E-state index contributed by atoms with van der Waals surface area (Å²) in [6.07, 6.45) is 2.20. The highest BCUT2D eigenvalue weighted by Gasteiger charge is 2.26. The maximum Gasteiger partial charge on any atom is 0.264 e. The third-order valence-electron chi connectivity index (χ3n) is 4.42. The van der Waals surface area contributed by atoms with Crippen molar-refractivity contribution >= 4 is 28.6 Å². The van der Waals surface area contributed by atoms with Crippen molar-refractivity contribution in [1.82, 2.24) is 9.80 Å². The van der Waals surface area contributed by atoms with Crippen molar-refractivity contribution in [2.45, 2.75) is 12.8 Å². The summed E-state index contributed by atoms with van der Waals surface area (Å²) in [5.74, 6) is 0.222. The van der Waals surface area contributed by atoms with E-state index in [2.05, 4.69) is 29.5 Å². The van der Waals surface area contributed by atoms with Gasteiger partial charge in [0.1, 0.15) is 0 Å². The van der Waals surface area contributed by atoms with Gasteiger partial charge in [0.15, 0.2) is 0 Å². The Bertz CT molecular complexity index is 680. The number of amides is 1. The van der Waals surface area contributed by atoms with E-state index < -0.39 is 0 Å². The molecular weight excluding hydrogens is 300 g/mol. The van der Waals surface area contributed by atoms with Crippen LogP contribution in [-0.2, 0) is 12.8 Å². The summed E-state index contributed by atoms with van der Waals surface area (Å²) in [6.45, 7) is 3.65. The minimum absolute atomic E-state index is 0.222. The molecule has 5 heteroatoms. The molecule has 0 bridgehead atoms. The zero-order valence-electron chi connectivity index (χ0n) is 12.1. The molecule has 3 heterocycles. The van der Waals surface area contributed by atoms with E-state index in [4.69, 9.17) is 0 Å². The highest BCUT2D eigenvalue weighted by molar-refractivity contribution is 7.18. The number of rotatable bonds is 1. The van der Waals surface area contributed by atoms with Crippen molar-refractivity contribution < 1.29 is 4.79 Å². The first kappa shape index (κ1) is 13.5. The number of nitrogens with zero attached hydrogens (tertiary/aromatic N) is 2. The minimum Gasteiger partial charge on any atom is -0.335 e. The molecule has 1 saturated heterocycles. The molecule has 2 aromatic rings. The predicted octanol–water partition coefficient (Wildman–Crippen LogP) is 2.96. The molecule has 1 fully saturated rings. The first-order valence-corrected chi connectivity index (χ1v) is 9.09. The fourth-order valence-corrected chi connectivity index (χ4v) is 5.28. The van der Waals surface area contributed by atoms with Crippen molar-refractivity contribution in [3.05, 3.63) is 32.8 Å². The maximum absolute atomic E-state index is 12.7. The van der Waals surface area contributed by atoms with E-state index in [1.165, 1.54) is 20.9 Å². The highest BCUT2D eigenvalue weighted by Crippen LogP contribution is 2.42. The normalized spacial score (nSPS) is 18.4. The van der Waals surface area contributed by atoms with Gasteiger partial charge in [-0.1, -0.05) is 0 Å². The van der Waals surface area contributed by atoms with Crippen LogP contribution in [0.2, 0.25) is 0 Å². The van der Waals surface area contributed by atoms with Crippen LogP contribution in [0, 0.1) is 0 Å². The van der Waals surface area contributed by atoms with Crippen LogP contribution in [0.4, 0.5) is 0 Å². The van der Waals surface area contributed by atoms with E-state index in [1.54, 1.807) is 11.3 Å². The fraction of sp³-hybridized carbons (Fsp3) is 0.438. The molecule has 2 aromatic heterocycles. The molecule has 0 N–H and O–H groups in total. The van der Waals surface area contributed by atoms with E-state index in [-0.39, 0.29) is 5.91 Å². The number of carbonyl (C=O) groups excluding carboxylic acids is 1. The molecule has 0 spiro atoms. The van der Waals surface area contributed by atoms with Gasteiger partial charge in [0, 0.05) is 41.5 Å². The van der Waals surface area contributed by atoms with Crippen molar-refractivity contribution in [1.29, 1.82) is 0 Å². The van der Waals surface area contributed by atoms with Gasteiger partial charge in [-0.3, -0.25) is 4.79 Å². The second-order valence-electron chi connectivity index (χ2n) is 5.82. The summed E-state index contributed by atoms with van der Waals surface area (Å²) in [7, 11) is 2.11. The maximum atomic E-state index is 12.7. The van der Waals surface area contributed by atoms with Crippen LogP contribution >= 0.6 is 22.7 Å². The molecule has 0 unspecified atom stereocenters. The zero-order chi connectivity index (χ0) is 14.4. The second kappa shape index (κ2) is 5.23. The molecule has 1 amide bonds. The monoisotopic (exact) mass is 318 g/mol. The third-order valence-corrected chi connectivity index (χ3v) is 6.60. The number of fused-ring (bicyclic) bond motifs is 3. The van der Waals surface area contributed by atoms with Crippen molar-refractivity contribution in [2.24, 2.45) is 0 Å². The van der Waals surface area contributed by atoms with Crippen LogP contribution in [0.5, 0.6) is 0 Å². The number of likely N-dealkylation sites (N-methyl/N-ethyl adjacent to an activating group) is 1. The quantitative estimate of drug-likeness (QED) is 0.807. The Morgan fingerprint density at radius 2 is 2.00 bits per heavy atom. The van der Waals surface area contributed by atoms with Gasteiger partial charge in [-0.05, 0) is 43.0 Å². The topological polar surface area (TPSA) is 23.6 Å². The van der Waals surface area contributed by atoms with Crippen molar-refractivity contribution in [3.63, 3.8) is 0 Å². The van der Waals surface area contributed by atoms with Crippen LogP contribution in [0.25, 0.3) is 10.4 Å². The molecular formula is C16H18N2OS2. The van der Waals surface area contributed by atoms with Gasteiger partial charge in [-0.15, -0.1) is 22.7 Å². The van der Waals surface area contributed by atoms with Crippen LogP contribution in [0.15, 0.2) is 17.5 Å². The summed E-state index contributed by atoms with van der Waals surface area (Å²) in [5, 5.41) is 2.17. The molecule has 0 aromatic carbocycles. The minimum atomic E-state index is 0.222. The van der Waals surface area contributed by atoms with Gasteiger partial charge >= 0.3 is 0 Å². The van der Waals surface area contributed by atoms with Gasteiger partial charge < -0.3 is 9.80 Å². The lowest BCUT2D eigenvalue weighted by Gasteiger charge is -2.32. The Kier molecular flexibility index (Phi) is 3.36. The molecule has 0 atom stereocenters. The molecule has 21 heavy (non-hydrogen) atoms. The van der Waals surface area contributed by atoms with Gasteiger partial charge in [0.05, 0.1) is 4.88 Å². The lowest BCUT2D eigenvalue weighted by Crippen LogP contribution is -2.46. The van der Waals surface area contributed by atoms with E-state index in [0.717, 1.165) is 43.9 Å². The second-order valence-corrected chi connectivity index (χ2v) is 7.87. The van der Waals surface area contributed by atoms with Gasteiger partial charge in [0.2, 0.25) is 0 Å². The SMILES string of the molecule is CN1CCN(C(=O)c2cc3c(s2)-c2ccsc2CC3)CC1. The Morgan fingerprint density at radius 1 is 1.19 bits per heavy atom. The van der Waals surface area contributed by atoms with Crippen molar-refractivity contribution in [3.8, 4) is 10.4 Å². The molecule has 1 aliphatic heterocycles. The average molecular weight is 318 g/mol. The Balaban J connectivity index is 1.62.